The number of ether oxygens (including phenoxy) is 1. The predicted octanol–water partition coefficient (Wildman–Crippen LogP) is 1.95. The van der Waals surface area contributed by atoms with E-state index in [0.717, 1.165) is 5.56 Å². The Labute approximate surface area is 101 Å². The van der Waals surface area contributed by atoms with E-state index in [2.05, 4.69) is 0 Å². The van der Waals surface area contributed by atoms with Crippen molar-refractivity contribution in [1.29, 1.82) is 0 Å². The van der Waals surface area contributed by atoms with Gasteiger partial charge in [-0.25, -0.2) is 4.79 Å². The van der Waals surface area contributed by atoms with Crippen LogP contribution in [-0.2, 0) is 4.74 Å². The molecular weight excluding hydrogens is 218 g/mol. The summed E-state index contributed by atoms with van der Waals surface area (Å²) in [5.41, 5.74) is 1.07. The minimum atomic E-state index is -0.640. The van der Waals surface area contributed by atoms with Crippen LogP contribution in [0.5, 0.6) is 0 Å². The number of carbonyl (C=O) groups excluding carboxylic acids is 1. The second-order valence-corrected chi connectivity index (χ2v) is 4.44. The molecule has 0 radical (unpaired) electrons. The van der Waals surface area contributed by atoms with Gasteiger partial charge in [-0.2, -0.15) is 0 Å². The molecule has 3 atom stereocenters. The second kappa shape index (κ2) is 4.75. The first-order valence-electron chi connectivity index (χ1n) is 5.76. The third-order valence-corrected chi connectivity index (χ3v) is 3.19. The van der Waals surface area contributed by atoms with Gasteiger partial charge >= 0.3 is 6.09 Å². The maximum Gasteiger partial charge on any atom is 0.410 e. The molecule has 4 heteroatoms. The molecule has 1 N–H and O–H groups in total. The fraction of sp³-hybridized carbons (Fsp3) is 0.462. The molecule has 1 aliphatic rings. The molecule has 17 heavy (non-hydrogen) atoms. The van der Waals surface area contributed by atoms with Crippen LogP contribution in [0.4, 0.5) is 4.79 Å². The Bertz CT molecular complexity index is 391. The number of aliphatic hydroxyl groups is 1. The van der Waals surface area contributed by atoms with Crippen LogP contribution in [-0.4, -0.2) is 35.4 Å². The summed E-state index contributed by atoms with van der Waals surface area (Å²) < 4.78 is 5.15. The average molecular weight is 235 g/mol. The SMILES string of the molecule is C[C@H](O)[C@@H]1C[C@@H](c2ccccc2)N(C)C(=O)O1. The Morgan fingerprint density at radius 1 is 1.41 bits per heavy atom. The Morgan fingerprint density at radius 3 is 2.65 bits per heavy atom. The van der Waals surface area contributed by atoms with Crippen LogP contribution in [0.1, 0.15) is 24.9 Å². The summed E-state index contributed by atoms with van der Waals surface area (Å²) in [7, 11) is 1.72. The zero-order chi connectivity index (χ0) is 12.4. The summed E-state index contributed by atoms with van der Waals surface area (Å²) in [6.45, 7) is 1.64. The minimum absolute atomic E-state index is 0.0305. The molecule has 0 spiro atoms. The van der Waals surface area contributed by atoms with Gasteiger partial charge in [0, 0.05) is 13.5 Å². The lowest BCUT2D eigenvalue weighted by Gasteiger charge is -2.37. The van der Waals surface area contributed by atoms with Gasteiger partial charge < -0.3 is 14.7 Å². The zero-order valence-corrected chi connectivity index (χ0v) is 10.0. The normalized spacial score (nSPS) is 26.5. The third kappa shape index (κ3) is 2.42. The van der Waals surface area contributed by atoms with Crippen molar-refractivity contribution >= 4 is 6.09 Å². The van der Waals surface area contributed by atoms with Crippen LogP contribution < -0.4 is 0 Å². The minimum Gasteiger partial charge on any atom is -0.443 e. The van der Waals surface area contributed by atoms with Crippen LogP contribution in [0.15, 0.2) is 30.3 Å². The lowest BCUT2D eigenvalue weighted by atomic mass is 9.96. The van der Waals surface area contributed by atoms with Crippen molar-refractivity contribution in [3.8, 4) is 0 Å². The molecule has 1 aliphatic heterocycles. The highest BCUT2D eigenvalue weighted by Gasteiger charge is 2.35. The van der Waals surface area contributed by atoms with Gasteiger partial charge in [-0.1, -0.05) is 30.3 Å². The number of aliphatic hydroxyl groups excluding tert-OH is 1. The van der Waals surface area contributed by atoms with Crippen molar-refractivity contribution in [3.63, 3.8) is 0 Å². The average Bonchev–Trinajstić information content (AvgIpc) is 2.33. The Kier molecular flexibility index (Phi) is 3.33. The molecule has 0 aliphatic carbocycles. The fourth-order valence-corrected chi connectivity index (χ4v) is 2.10. The summed E-state index contributed by atoms with van der Waals surface area (Å²) in [5.74, 6) is 0. The summed E-state index contributed by atoms with van der Waals surface area (Å²) >= 11 is 0. The monoisotopic (exact) mass is 235 g/mol. The van der Waals surface area contributed by atoms with E-state index in [4.69, 9.17) is 4.74 Å². The van der Waals surface area contributed by atoms with Crippen molar-refractivity contribution in [2.24, 2.45) is 0 Å². The molecule has 1 heterocycles. The number of hydrogen-bond donors (Lipinski definition) is 1. The van der Waals surface area contributed by atoms with Crippen LogP contribution in [0.3, 0.4) is 0 Å². The van der Waals surface area contributed by atoms with Crippen LogP contribution in [0.2, 0.25) is 0 Å². The van der Waals surface area contributed by atoms with Gasteiger partial charge in [0.15, 0.2) is 0 Å². The summed E-state index contributed by atoms with van der Waals surface area (Å²) in [4.78, 5) is 13.3. The van der Waals surface area contributed by atoms with E-state index in [1.165, 1.54) is 0 Å². The highest BCUT2D eigenvalue weighted by Crippen LogP contribution is 2.31. The molecule has 1 aromatic rings. The van der Waals surface area contributed by atoms with E-state index in [0.29, 0.717) is 6.42 Å². The van der Waals surface area contributed by atoms with E-state index in [1.54, 1.807) is 18.9 Å². The topological polar surface area (TPSA) is 49.8 Å². The van der Waals surface area contributed by atoms with Crippen molar-refractivity contribution in [1.82, 2.24) is 4.90 Å². The van der Waals surface area contributed by atoms with Gasteiger partial charge in [-0.05, 0) is 12.5 Å². The smallest absolute Gasteiger partial charge is 0.410 e. The number of nitrogens with zero attached hydrogens (tertiary/aromatic N) is 1. The molecule has 1 aromatic carbocycles. The van der Waals surface area contributed by atoms with Gasteiger partial charge in [0.1, 0.15) is 6.10 Å². The molecule has 1 saturated heterocycles. The highest BCUT2D eigenvalue weighted by molar-refractivity contribution is 5.69. The molecule has 1 fully saturated rings. The van der Waals surface area contributed by atoms with Crippen LogP contribution in [0.25, 0.3) is 0 Å². The van der Waals surface area contributed by atoms with Crippen LogP contribution >= 0.6 is 0 Å². The highest BCUT2D eigenvalue weighted by atomic mass is 16.6. The Morgan fingerprint density at radius 2 is 2.06 bits per heavy atom. The van der Waals surface area contributed by atoms with Gasteiger partial charge in [0.05, 0.1) is 12.1 Å². The van der Waals surface area contributed by atoms with Crippen molar-refractivity contribution in [2.75, 3.05) is 7.05 Å². The second-order valence-electron chi connectivity index (χ2n) is 4.44. The largest absolute Gasteiger partial charge is 0.443 e. The van der Waals surface area contributed by atoms with Gasteiger partial charge in [-0.3, -0.25) is 0 Å². The Balaban J connectivity index is 2.23. The molecule has 92 valence electrons. The standard InChI is InChI=1S/C13H17NO3/c1-9(15)12-8-11(14(2)13(16)17-12)10-6-4-3-5-7-10/h3-7,9,11-12,15H,8H2,1-2H3/t9-,11-,12-/m0/s1. The van der Waals surface area contributed by atoms with Gasteiger partial charge in [-0.15, -0.1) is 0 Å². The van der Waals surface area contributed by atoms with E-state index in [-0.39, 0.29) is 12.1 Å². The zero-order valence-electron chi connectivity index (χ0n) is 10.0. The van der Waals surface area contributed by atoms with Crippen molar-refractivity contribution in [2.45, 2.75) is 31.6 Å². The van der Waals surface area contributed by atoms with E-state index < -0.39 is 12.2 Å². The first-order chi connectivity index (χ1) is 8.09. The molecular formula is C13H17NO3. The van der Waals surface area contributed by atoms with Crippen molar-refractivity contribution in [3.05, 3.63) is 35.9 Å². The molecule has 0 bridgehead atoms. The van der Waals surface area contributed by atoms with E-state index >= 15 is 0 Å². The summed E-state index contributed by atoms with van der Waals surface area (Å²) in [6, 6.07) is 9.77. The maximum atomic E-state index is 11.7. The number of amides is 1. The first-order valence-corrected chi connectivity index (χ1v) is 5.76. The number of rotatable bonds is 2. The molecule has 1 amide bonds. The predicted molar refractivity (Wildman–Crippen MR) is 63.5 cm³/mol. The number of hydrogen-bond acceptors (Lipinski definition) is 3. The fourth-order valence-electron chi connectivity index (χ4n) is 2.10. The van der Waals surface area contributed by atoms with E-state index in [9.17, 15) is 9.90 Å². The lowest BCUT2D eigenvalue weighted by molar-refractivity contribution is -0.0472. The molecule has 4 nitrogen and oxygen atoms in total. The number of cyclic esters (lactones) is 1. The van der Waals surface area contributed by atoms with Crippen LogP contribution in [0, 0.1) is 0 Å². The quantitative estimate of drug-likeness (QED) is 0.852. The summed E-state index contributed by atoms with van der Waals surface area (Å²) in [6.07, 6.45) is -0.831. The number of benzene rings is 1. The molecule has 0 unspecified atom stereocenters. The molecule has 0 aromatic heterocycles. The molecule has 2 rings (SSSR count). The third-order valence-electron chi connectivity index (χ3n) is 3.19. The van der Waals surface area contributed by atoms with E-state index in [1.807, 2.05) is 30.3 Å². The van der Waals surface area contributed by atoms with Gasteiger partial charge in [0.2, 0.25) is 0 Å². The first kappa shape index (κ1) is 11.9. The van der Waals surface area contributed by atoms with Crippen molar-refractivity contribution < 1.29 is 14.6 Å². The Hall–Kier alpha value is -1.55. The number of carbonyl (C=O) groups is 1. The maximum absolute atomic E-state index is 11.7. The molecule has 0 saturated carbocycles. The van der Waals surface area contributed by atoms with Gasteiger partial charge in [0.25, 0.3) is 0 Å². The summed E-state index contributed by atoms with van der Waals surface area (Å²) in [5, 5.41) is 9.55. The lowest BCUT2D eigenvalue weighted by Crippen LogP contribution is -2.45.